The molecule has 32 heavy (non-hydrogen) atoms. The number of para-hydroxylation sites is 1. The number of rotatable bonds is 7. The van der Waals surface area contributed by atoms with E-state index in [-0.39, 0.29) is 24.1 Å². The van der Waals surface area contributed by atoms with Gasteiger partial charge in [0.1, 0.15) is 5.69 Å². The lowest BCUT2D eigenvalue weighted by molar-refractivity contribution is -0.142. The van der Waals surface area contributed by atoms with Gasteiger partial charge >= 0.3 is 12.4 Å². The summed E-state index contributed by atoms with van der Waals surface area (Å²) < 4.78 is 80.1. The largest absolute Gasteiger partial charge is 0.433 e. The number of aromatic nitrogens is 1. The average molecular weight is 458 g/mol. The number of benzene rings is 2. The number of fused-ring (bicyclic) bond motifs is 1. The van der Waals surface area contributed by atoms with Crippen LogP contribution in [0.1, 0.15) is 28.5 Å². The molecular formula is C22H20F6N2O2. The highest BCUT2D eigenvalue weighted by Gasteiger charge is 2.38. The molecule has 0 aliphatic carbocycles. The van der Waals surface area contributed by atoms with Gasteiger partial charge in [-0.25, -0.2) is 4.98 Å². The third-order valence-electron chi connectivity index (χ3n) is 4.97. The monoisotopic (exact) mass is 458 g/mol. The molecule has 3 N–H and O–H groups in total. The molecule has 1 aromatic heterocycles. The van der Waals surface area contributed by atoms with Crippen LogP contribution in [0.4, 0.5) is 26.3 Å². The van der Waals surface area contributed by atoms with Crippen LogP contribution in [-0.4, -0.2) is 34.4 Å². The molecule has 4 nitrogen and oxygen atoms in total. The van der Waals surface area contributed by atoms with Gasteiger partial charge in [-0.15, -0.1) is 0 Å². The number of hydrogen-bond donors (Lipinski definition) is 3. The van der Waals surface area contributed by atoms with Crippen molar-refractivity contribution in [2.45, 2.75) is 30.9 Å². The average Bonchev–Trinajstić information content (AvgIpc) is 2.74. The van der Waals surface area contributed by atoms with Gasteiger partial charge in [0.25, 0.3) is 0 Å². The van der Waals surface area contributed by atoms with Crippen LogP contribution < -0.4 is 5.32 Å². The van der Waals surface area contributed by atoms with Crippen LogP contribution in [0, 0.1) is 0 Å². The van der Waals surface area contributed by atoms with Crippen LogP contribution in [0.5, 0.6) is 0 Å². The van der Waals surface area contributed by atoms with Gasteiger partial charge in [0.15, 0.2) is 0 Å². The number of nitrogens with one attached hydrogen (secondary N) is 1. The number of halogens is 6. The predicted molar refractivity (Wildman–Crippen MR) is 106 cm³/mol. The second-order valence-corrected chi connectivity index (χ2v) is 7.29. The van der Waals surface area contributed by atoms with Gasteiger partial charge in [-0.3, -0.25) is 0 Å². The fraction of sp³-hybridized carbons (Fsp3) is 0.318. The van der Waals surface area contributed by atoms with Crippen LogP contribution in [0.25, 0.3) is 10.9 Å². The summed E-state index contributed by atoms with van der Waals surface area (Å²) in [5, 5.41) is 22.8. The van der Waals surface area contributed by atoms with Crippen LogP contribution in [0.3, 0.4) is 0 Å². The van der Waals surface area contributed by atoms with Gasteiger partial charge in [-0.1, -0.05) is 42.5 Å². The van der Waals surface area contributed by atoms with Crippen molar-refractivity contribution in [3.05, 3.63) is 77.0 Å². The highest BCUT2D eigenvalue weighted by molar-refractivity contribution is 5.86. The number of nitrogens with zero attached hydrogens (tertiary/aromatic N) is 1. The molecule has 0 unspecified atom stereocenters. The molecule has 3 rings (SSSR count). The highest BCUT2D eigenvalue weighted by atomic mass is 19.4. The summed E-state index contributed by atoms with van der Waals surface area (Å²) in [6.07, 6.45) is -11.1. The fourth-order valence-corrected chi connectivity index (χ4v) is 3.41. The maximum Gasteiger partial charge on any atom is 0.433 e. The van der Waals surface area contributed by atoms with Crippen molar-refractivity contribution in [1.82, 2.24) is 10.3 Å². The lowest BCUT2D eigenvalue weighted by atomic mass is 9.99. The molecule has 1 heterocycles. The zero-order valence-electron chi connectivity index (χ0n) is 16.6. The Morgan fingerprint density at radius 2 is 1.59 bits per heavy atom. The van der Waals surface area contributed by atoms with E-state index >= 15 is 0 Å². The molecule has 2 atom stereocenters. The molecule has 0 radical (unpaired) electrons. The molecule has 3 aromatic rings. The van der Waals surface area contributed by atoms with E-state index in [1.54, 1.807) is 12.1 Å². The third-order valence-corrected chi connectivity index (χ3v) is 4.97. The van der Waals surface area contributed by atoms with Crippen molar-refractivity contribution < 1.29 is 36.6 Å². The Kier molecular flexibility index (Phi) is 7.06. The molecule has 0 spiro atoms. The Hall–Kier alpha value is -2.69. The number of alkyl halides is 6. The van der Waals surface area contributed by atoms with Crippen molar-refractivity contribution in [1.29, 1.82) is 0 Å². The first-order valence-corrected chi connectivity index (χ1v) is 9.65. The molecule has 0 aliphatic heterocycles. The van der Waals surface area contributed by atoms with Gasteiger partial charge in [0, 0.05) is 18.0 Å². The second kappa shape index (κ2) is 9.43. The van der Waals surface area contributed by atoms with Crippen LogP contribution in [0.15, 0.2) is 54.6 Å². The van der Waals surface area contributed by atoms with Gasteiger partial charge in [-0.05, 0) is 29.7 Å². The smallest absolute Gasteiger partial charge is 0.395 e. The van der Waals surface area contributed by atoms with Gasteiger partial charge in [-0.2, -0.15) is 26.3 Å². The van der Waals surface area contributed by atoms with Crippen LogP contribution in [0.2, 0.25) is 0 Å². The van der Waals surface area contributed by atoms with Crippen molar-refractivity contribution in [3.63, 3.8) is 0 Å². The Bertz CT molecular complexity index is 1050. The van der Waals surface area contributed by atoms with Gasteiger partial charge in [0.05, 0.1) is 23.8 Å². The van der Waals surface area contributed by atoms with E-state index < -0.39 is 41.3 Å². The summed E-state index contributed by atoms with van der Waals surface area (Å²) in [4.78, 5) is 3.21. The number of aliphatic hydroxyl groups excluding tert-OH is 2. The van der Waals surface area contributed by atoms with Crippen molar-refractivity contribution >= 4 is 10.9 Å². The third kappa shape index (κ3) is 5.56. The summed E-state index contributed by atoms with van der Waals surface area (Å²) in [5.74, 6) is 0. The van der Waals surface area contributed by atoms with E-state index in [4.69, 9.17) is 0 Å². The Morgan fingerprint density at radius 3 is 2.19 bits per heavy atom. The molecule has 10 heteroatoms. The Labute approximate surface area is 179 Å². The maximum atomic E-state index is 13.4. The van der Waals surface area contributed by atoms with Crippen LogP contribution in [-0.2, 0) is 18.8 Å². The molecule has 0 saturated carbocycles. The summed E-state index contributed by atoms with van der Waals surface area (Å²) in [7, 11) is 0. The number of hydrogen-bond acceptors (Lipinski definition) is 4. The summed E-state index contributed by atoms with van der Waals surface area (Å²) in [5.41, 5.74) is -3.18. The van der Waals surface area contributed by atoms with Gasteiger partial charge < -0.3 is 15.5 Å². The molecule has 0 saturated heterocycles. The molecule has 0 fully saturated rings. The first-order valence-electron chi connectivity index (χ1n) is 9.65. The number of aliphatic hydroxyl groups is 2. The van der Waals surface area contributed by atoms with E-state index in [0.717, 1.165) is 11.6 Å². The van der Waals surface area contributed by atoms with Crippen LogP contribution >= 0.6 is 0 Å². The van der Waals surface area contributed by atoms with E-state index in [9.17, 15) is 36.6 Å². The van der Waals surface area contributed by atoms with Crippen molar-refractivity contribution in [2.75, 3.05) is 13.2 Å². The lowest BCUT2D eigenvalue weighted by Gasteiger charge is -2.21. The van der Waals surface area contributed by atoms with E-state index in [1.807, 2.05) is 18.2 Å². The lowest BCUT2D eigenvalue weighted by Crippen LogP contribution is -2.37. The zero-order chi connectivity index (χ0) is 23.5. The first-order chi connectivity index (χ1) is 15.0. The van der Waals surface area contributed by atoms with Gasteiger partial charge in [0.2, 0.25) is 0 Å². The fourth-order valence-electron chi connectivity index (χ4n) is 3.41. The minimum absolute atomic E-state index is 0.231. The molecular weight excluding hydrogens is 438 g/mol. The maximum absolute atomic E-state index is 13.4. The molecule has 2 aromatic carbocycles. The normalized spacial score (nSPS) is 14.5. The minimum atomic E-state index is -5.00. The summed E-state index contributed by atoms with van der Waals surface area (Å²) in [6.45, 7) is -0.602. The van der Waals surface area contributed by atoms with E-state index in [0.29, 0.717) is 18.6 Å². The first kappa shape index (κ1) is 24.0. The molecule has 0 aliphatic rings. The molecule has 172 valence electrons. The zero-order valence-corrected chi connectivity index (χ0v) is 16.6. The topological polar surface area (TPSA) is 65.4 Å². The SMILES string of the molecule is OC[C@H](Cc1ccccc1)NC[C@H](O)c1cc(C(F)(F)F)nc2c(C(F)(F)F)cccc12. The van der Waals surface area contributed by atoms with Crippen molar-refractivity contribution in [3.8, 4) is 0 Å². The standard InChI is InChI=1S/C22H20F6N2O2/c23-21(24,25)17-8-4-7-15-16(10-19(22(26,27)28)30-20(15)17)18(32)11-29-14(12-31)9-13-5-2-1-3-6-13/h1-8,10,14,18,29,31-32H,9,11-12H2/t14-,18-/m0/s1. The summed E-state index contributed by atoms with van der Waals surface area (Å²) >= 11 is 0. The second-order valence-electron chi connectivity index (χ2n) is 7.29. The highest BCUT2D eigenvalue weighted by Crippen LogP contribution is 2.38. The van der Waals surface area contributed by atoms with E-state index in [2.05, 4.69) is 10.3 Å². The predicted octanol–water partition coefficient (Wildman–Crippen LogP) is 4.50. The molecule has 0 bridgehead atoms. The minimum Gasteiger partial charge on any atom is -0.395 e. The number of pyridine rings is 1. The van der Waals surface area contributed by atoms with E-state index in [1.165, 1.54) is 6.07 Å². The Morgan fingerprint density at radius 1 is 0.906 bits per heavy atom. The van der Waals surface area contributed by atoms with Crippen molar-refractivity contribution in [2.24, 2.45) is 0 Å². The summed E-state index contributed by atoms with van der Waals surface area (Å²) in [6, 6.07) is 12.0. The molecule has 0 amide bonds. The Balaban J connectivity index is 1.94. The quantitative estimate of drug-likeness (QED) is 0.457.